The van der Waals surface area contributed by atoms with Crippen molar-refractivity contribution in [2.75, 3.05) is 0 Å². The average molecular weight is 360 g/mol. The molecule has 0 saturated heterocycles. The minimum absolute atomic E-state index is 0.0340. The standard InChI is InChI=1S/C17H10F6O2/c18-16(19,20)13-7-5-11(6-8-13)10-1-3-12(4-2-10)14(24)9-15(25)17(21,22)23/h1-9,24H. The van der Waals surface area contributed by atoms with E-state index in [9.17, 15) is 36.2 Å². The molecule has 132 valence electrons. The summed E-state index contributed by atoms with van der Waals surface area (Å²) >= 11 is 0. The zero-order chi connectivity index (χ0) is 18.8. The average Bonchev–Trinajstić information content (AvgIpc) is 2.53. The van der Waals surface area contributed by atoms with Crippen LogP contribution < -0.4 is 0 Å². The Kier molecular flexibility index (Phi) is 4.92. The predicted octanol–water partition coefficient (Wildman–Crippen LogP) is 5.40. The molecule has 1 N–H and O–H groups in total. The molecular weight excluding hydrogens is 350 g/mol. The first-order chi connectivity index (χ1) is 11.5. The minimum atomic E-state index is -5.09. The highest BCUT2D eigenvalue weighted by molar-refractivity contribution is 5.99. The van der Waals surface area contributed by atoms with Gasteiger partial charge >= 0.3 is 12.4 Å². The van der Waals surface area contributed by atoms with Crippen molar-refractivity contribution in [3.63, 3.8) is 0 Å². The summed E-state index contributed by atoms with van der Waals surface area (Å²) in [6.07, 6.45) is -9.48. The van der Waals surface area contributed by atoms with E-state index in [4.69, 9.17) is 0 Å². The third kappa shape index (κ3) is 4.62. The van der Waals surface area contributed by atoms with Gasteiger partial charge in [0, 0.05) is 11.6 Å². The molecule has 0 heterocycles. The SMILES string of the molecule is O=C(C=C(O)c1ccc(-c2ccc(C(F)(F)F)cc2)cc1)C(F)(F)F. The lowest BCUT2D eigenvalue weighted by Crippen LogP contribution is -2.20. The summed E-state index contributed by atoms with van der Waals surface area (Å²) < 4.78 is 74.0. The highest BCUT2D eigenvalue weighted by Gasteiger charge is 2.37. The fourth-order valence-corrected chi connectivity index (χ4v) is 1.97. The van der Waals surface area contributed by atoms with Crippen LogP contribution in [0, 0.1) is 0 Å². The van der Waals surface area contributed by atoms with E-state index in [0.29, 0.717) is 11.1 Å². The Hall–Kier alpha value is -2.77. The second-order valence-electron chi connectivity index (χ2n) is 5.04. The lowest BCUT2D eigenvalue weighted by atomic mass is 10.0. The lowest BCUT2D eigenvalue weighted by Gasteiger charge is -2.08. The highest BCUT2D eigenvalue weighted by Crippen LogP contribution is 2.31. The van der Waals surface area contributed by atoms with Crippen LogP contribution in [-0.2, 0) is 11.0 Å². The molecule has 0 spiro atoms. The van der Waals surface area contributed by atoms with E-state index in [1.165, 1.54) is 36.4 Å². The van der Waals surface area contributed by atoms with Crippen molar-refractivity contribution in [2.24, 2.45) is 0 Å². The van der Waals surface area contributed by atoms with Crippen LogP contribution in [0.3, 0.4) is 0 Å². The number of carbonyl (C=O) groups is 1. The molecule has 0 saturated carbocycles. The molecule has 0 aliphatic rings. The number of ketones is 1. The Labute approximate surface area is 138 Å². The van der Waals surface area contributed by atoms with E-state index < -0.39 is 29.5 Å². The molecule has 2 aromatic carbocycles. The summed E-state index contributed by atoms with van der Waals surface area (Å²) in [5.41, 5.74) is 0.106. The van der Waals surface area contributed by atoms with Gasteiger partial charge in [0.1, 0.15) is 5.76 Å². The zero-order valence-electron chi connectivity index (χ0n) is 12.3. The first-order valence-corrected chi connectivity index (χ1v) is 6.78. The van der Waals surface area contributed by atoms with Gasteiger partial charge in [-0.2, -0.15) is 26.3 Å². The molecule has 2 rings (SSSR count). The molecule has 25 heavy (non-hydrogen) atoms. The molecule has 2 aromatic rings. The number of hydrogen-bond donors (Lipinski definition) is 1. The molecule has 0 fully saturated rings. The molecule has 2 nitrogen and oxygen atoms in total. The first kappa shape index (κ1) is 18.6. The lowest BCUT2D eigenvalue weighted by molar-refractivity contribution is -0.165. The molecule has 0 radical (unpaired) electrons. The van der Waals surface area contributed by atoms with Crippen molar-refractivity contribution in [1.29, 1.82) is 0 Å². The normalized spacial score (nSPS) is 13.0. The Morgan fingerprint density at radius 3 is 1.64 bits per heavy atom. The number of alkyl halides is 6. The third-order valence-corrected chi connectivity index (χ3v) is 3.27. The van der Waals surface area contributed by atoms with Crippen LogP contribution in [0.5, 0.6) is 0 Å². The van der Waals surface area contributed by atoms with Crippen molar-refractivity contribution >= 4 is 11.5 Å². The molecule has 0 unspecified atom stereocenters. The molecule has 0 atom stereocenters. The van der Waals surface area contributed by atoms with Crippen LogP contribution in [0.25, 0.3) is 16.9 Å². The number of aliphatic hydroxyl groups is 1. The maximum atomic E-state index is 12.5. The molecule has 8 heteroatoms. The second-order valence-corrected chi connectivity index (χ2v) is 5.04. The Morgan fingerprint density at radius 2 is 1.24 bits per heavy atom. The fourth-order valence-electron chi connectivity index (χ4n) is 1.97. The predicted molar refractivity (Wildman–Crippen MR) is 78.5 cm³/mol. The van der Waals surface area contributed by atoms with Crippen molar-refractivity contribution in [1.82, 2.24) is 0 Å². The van der Waals surface area contributed by atoms with Gasteiger partial charge in [-0.1, -0.05) is 36.4 Å². The van der Waals surface area contributed by atoms with E-state index in [1.807, 2.05) is 0 Å². The topological polar surface area (TPSA) is 37.3 Å². The van der Waals surface area contributed by atoms with Gasteiger partial charge in [-0.3, -0.25) is 4.79 Å². The maximum Gasteiger partial charge on any atom is 0.454 e. The minimum Gasteiger partial charge on any atom is -0.507 e. The van der Waals surface area contributed by atoms with Gasteiger partial charge in [-0.15, -0.1) is 0 Å². The smallest absolute Gasteiger partial charge is 0.454 e. The van der Waals surface area contributed by atoms with Crippen LogP contribution in [-0.4, -0.2) is 17.1 Å². The molecule has 0 aliphatic carbocycles. The molecule has 0 bridgehead atoms. The van der Waals surface area contributed by atoms with E-state index in [1.54, 1.807) is 0 Å². The van der Waals surface area contributed by atoms with Crippen LogP contribution in [0.15, 0.2) is 54.6 Å². The summed E-state index contributed by atoms with van der Waals surface area (Å²) in [4.78, 5) is 10.8. The quantitative estimate of drug-likeness (QED) is 0.452. The summed E-state index contributed by atoms with van der Waals surface area (Å²) in [6.45, 7) is 0. The monoisotopic (exact) mass is 360 g/mol. The maximum absolute atomic E-state index is 12.5. The number of rotatable bonds is 3. The number of allylic oxidation sites excluding steroid dienone is 1. The van der Waals surface area contributed by atoms with E-state index in [2.05, 4.69) is 0 Å². The van der Waals surface area contributed by atoms with Gasteiger partial charge in [0.15, 0.2) is 0 Å². The van der Waals surface area contributed by atoms with Gasteiger partial charge in [0.25, 0.3) is 5.78 Å². The first-order valence-electron chi connectivity index (χ1n) is 6.78. The van der Waals surface area contributed by atoms with Crippen LogP contribution in [0.2, 0.25) is 0 Å². The molecule has 0 aliphatic heterocycles. The van der Waals surface area contributed by atoms with E-state index >= 15 is 0 Å². The second kappa shape index (κ2) is 6.62. The Balaban J connectivity index is 2.22. The summed E-state index contributed by atoms with van der Waals surface area (Å²) in [6, 6.07) is 9.62. The Bertz CT molecular complexity index is 784. The van der Waals surface area contributed by atoms with Crippen LogP contribution in [0.4, 0.5) is 26.3 Å². The van der Waals surface area contributed by atoms with Gasteiger partial charge < -0.3 is 5.11 Å². The largest absolute Gasteiger partial charge is 0.507 e. The molecule has 0 aromatic heterocycles. The van der Waals surface area contributed by atoms with Gasteiger partial charge in [0.2, 0.25) is 0 Å². The number of halogens is 6. The Morgan fingerprint density at radius 1 is 0.800 bits per heavy atom. The van der Waals surface area contributed by atoms with Crippen molar-refractivity contribution in [3.8, 4) is 11.1 Å². The number of benzene rings is 2. The van der Waals surface area contributed by atoms with Gasteiger partial charge in [-0.05, 0) is 23.3 Å². The number of carbonyl (C=O) groups excluding carboxylic acids is 1. The number of aliphatic hydroxyl groups excluding tert-OH is 1. The van der Waals surface area contributed by atoms with Crippen molar-refractivity contribution in [2.45, 2.75) is 12.4 Å². The van der Waals surface area contributed by atoms with E-state index in [-0.39, 0.29) is 11.6 Å². The van der Waals surface area contributed by atoms with Gasteiger partial charge in [-0.25, -0.2) is 0 Å². The summed E-state index contributed by atoms with van der Waals surface area (Å²) in [7, 11) is 0. The van der Waals surface area contributed by atoms with Crippen LogP contribution >= 0.6 is 0 Å². The highest BCUT2D eigenvalue weighted by atomic mass is 19.4. The van der Waals surface area contributed by atoms with E-state index in [0.717, 1.165) is 12.1 Å². The summed E-state index contributed by atoms with van der Waals surface area (Å²) in [5.74, 6) is -3.06. The number of hydrogen-bond acceptors (Lipinski definition) is 2. The molecular formula is C17H10F6O2. The third-order valence-electron chi connectivity index (χ3n) is 3.27. The van der Waals surface area contributed by atoms with Crippen LogP contribution in [0.1, 0.15) is 11.1 Å². The fraction of sp³-hybridized carbons (Fsp3) is 0.118. The van der Waals surface area contributed by atoms with Gasteiger partial charge in [0.05, 0.1) is 5.56 Å². The van der Waals surface area contributed by atoms with Crippen molar-refractivity contribution < 1.29 is 36.2 Å². The van der Waals surface area contributed by atoms with Crippen molar-refractivity contribution in [3.05, 3.63) is 65.7 Å². The zero-order valence-corrected chi connectivity index (χ0v) is 12.3. The molecule has 0 amide bonds. The summed E-state index contributed by atoms with van der Waals surface area (Å²) in [5, 5.41) is 9.56.